The van der Waals surface area contributed by atoms with E-state index in [1.54, 1.807) is 18.2 Å². The second-order valence-electron chi connectivity index (χ2n) is 4.06. The Hall–Kier alpha value is -1.30. The number of nitrogens with two attached hydrogens (primary N) is 1. The highest BCUT2D eigenvalue weighted by atomic mass is 35.5. The van der Waals surface area contributed by atoms with E-state index < -0.39 is 0 Å². The summed E-state index contributed by atoms with van der Waals surface area (Å²) >= 11 is 5.95. The van der Waals surface area contributed by atoms with Gasteiger partial charge in [-0.05, 0) is 25.2 Å². The molecule has 0 radical (unpaired) electrons. The minimum atomic E-state index is -0.119. The van der Waals surface area contributed by atoms with Gasteiger partial charge in [0.25, 0.3) is 0 Å². The lowest BCUT2D eigenvalue weighted by atomic mass is 10.2. The first-order valence-corrected chi connectivity index (χ1v) is 6.05. The molecule has 0 unspecified atom stereocenters. The van der Waals surface area contributed by atoms with E-state index in [1.165, 1.54) is 0 Å². The second kappa shape index (κ2) is 7.20. The van der Waals surface area contributed by atoms with Crippen molar-refractivity contribution < 1.29 is 9.90 Å². The largest absolute Gasteiger partial charge is 0.399 e. The Labute approximate surface area is 112 Å². The molecule has 1 rings (SSSR count). The summed E-state index contributed by atoms with van der Waals surface area (Å²) in [5.41, 5.74) is 6.67. The number of nitrogen functional groups attached to an aromatic ring is 1. The monoisotopic (exact) mass is 271 g/mol. The third-order valence-electron chi connectivity index (χ3n) is 2.47. The van der Waals surface area contributed by atoms with Gasteiger partial charge in [0.2, 0.25) is 5.91 Å². The Morgan fingerprint density at radius 1 is 1.50 bits per heavy atom. The maximum absolute atomic E-state index is 11.7. The molecule has 1 amide bonds. The highest BCUT2D eigenvalue weighted by Crippen LogP contribution is 2.23. The van der Waals surface area contributed by atoms with Gasteiger partial charge in [-0.2, -0.15) is 0 Å². The van der Waals surface area contributed by atoms with Crippen molar-refractivity contribution in [2.75, 3.05) is 37.8 Å². The number of carbonyl (C=O) groups excluding carboxylic acids is 1. The lowest BCUT2D eigenvalue weighted by molar-refractivity contribution is -0.116. The lowest BCUT2D eigenvalue weighted by Gasteiger charge is -2.14. The van der Waals surface area contributed by atoms with Crippen LogP contribution in [0, 0.1) is 0 Å². The third kappa shape index (κ3) is 4.91. The average Bonchev–Trinajstić information content (AvgIpc) is 2.31. The summed E-state index contributed by atoms with van der Waals surface area (Å²) < 4.78 is 0. The number of halogens is 1. The van der Waals surface area contributed by atoms with Crippen LogP contribution >= 0.6 is 11.6 Å². The van der Waals surface area contributed by atoms with Crippen molar-refractivity contribution in [1.29, 1.82) is 0 Å². The topological polar surface area (TPSA) is 78.6 Å². The minimum Gasteiger partial charge on any atom is -0.399 e. The molecule has 1 aromatic rings. The van der Waals surface area contributed by atoms with Crippen LogP contribution in [-0.2, 0) is 4.79 Å². The molecule has 0 fully saturated rings. The predicted octanol–water partition coefficient (Wildman–Crippen LogP) is 1.17. The quantitative estimate of drug-likeness (QED) is 0.679. The van der Waals surface area contributed by atoms with E-state index in [0.29, 0.717) is 35.9 Å². The molecule has 0 bridgehead atoms. The number of hydrogen-bond donors (Lipinski definition) is 3. The van der Waals surface area contributed by atoms with Crippen molar-refractivity contribution in [1.82, 2.24) is 4.90 Å². The molecule has 0 saturated heterocycles. The lowest BCUT2D eigenvalue weighted by Crippen LogP contribution is -2.26. The molecule has 0 aliphatic carbocycles. The molecular formula is C12H18ClN3O2. The fourth-order valence-corrected chi connectivity index (χ4v) is 1.66. The summed E-state index contributed by atoms with van der Waals surface area (Å²) in [6.07, 6.45) is 0.344. The summed E-state index contributed by atoms with van der Waals surface area (Å²) in [6.45, 7) is 1.22. The van der Waals surface area contributed by atoms with Crippen LogP contribution in [0.4, 0.5) is 11.4 Å². The molecule has 4 N–H and O–H groups in total. The highest BCUT2D eigenvalue weighted by Gasteiger charge is 2.07. The first-order chi connectivity index (χ1) is 8.52. The van der Waals surface area contributed by atoms with Crippen LogP contribution in [0.2, 0.25) is 5.02 Å². The van der Waals surface area contributed by atoms with Gasteiger partial charge in [0, 0.05) is 25.2 Å². The standard InChI is InChI=1S/C12H18ClN3O2/c1-16(6-7-17)5-4-12(18)15-11-3-2-9(14)8-10(11)13/h2-3,8,17H,4-7,14H2,1H3,(H,15,18). The highest BCUT2D eigenvalue weighted by molar-refractivity contribution is 6.34. The number of rotatable bonds is 6. The van der Waals surface area contributed by atoms with Crippen molar-refractivity contribution in [3.63, 3.8) is 0 Å². The molecule has 1 aromatic carbocycles. The van der Waals surface area contributed by atoms with Crippen LogP contribution in [0.15, 0.2) is 18.2 Å². The van der Waals surface area contributed by atoms with Crippen molar-refractivity contribution in [2.45, 2.75) is 6.42 Å². The normalized spacial score (nSPS) is 10.7. The van der Waals surface area contributed by atoms with Gasteiger partial charge in [-0.15, -0.1) is 0 Å². The Bertz CT molecular complexity index is 412. The number of amides is 1. The van der Waals surface area contributed by atoms with Crippen LogP contribution in [0.25, 0.3) is 0 Å². The Morgan fingerprint density at radius 3 is 2.83 bits per heavy atom. The van der Waals surface area contributed by atoms with Crippen molar-refractivity contribution in [3.8, 4) is 0 Å². The van der Waals surface area contributed by atoms with E-state index in [4.69, 9.17) is 22.4 Å². The van der Waals surface area contributed by atoms with Crippen molar-refractivity contribution >= 4 is 28.9 Å². The molecular weight excluding hydrogens is 254 g/mol. The van der Waals surface area contributed by atoms with Crippen LogP contribution < -0.4 is 11.1 Å². The number of carbonyl (C=O) groups is 1. The smallest absolute Gasteiger partial charge is 0.225 e. The third-order valence-corrected chi connectivity index (χ3v) is 2.78. The zero-order valence-corrected chi connectivity index (χ0v) is 11.1. The number of nitrogens with zero attached hydrogens (tertiary/aromatic N) is 1. The molecule has 0 atom stereocenters. The summed E-state index contributed by atoms with van der Waals surface area (Å²) in [7, 11) is 1.85. The van der Waals surface area contributed by atoms with Gasteiger partial charge < -0.3 is 21.1 Å². The molecule has 0 saturated carbocycles. The summed E-state index contributed by atoms with van der Waals surface area (Å²) in [5.74, 6) is -0.119. The fourth-order valence-electron chi connectivity index (χ4n) is 1.42. The second-order valence-corrected chi connectivity index (χ2v) is 4.47. The number of benzene rings is 1. The van der Waals surface area contributed by atoms with E-state index in [-0.39, 0.29) is 12.5 Å². The molecule has 0 heterocycles. The van der Waals surface area contributed by atoms with Gasteiger partial charge in [-0.3, -0.25) is 4.79 Å². The van der Waals surface area contributed by atoms with Gasteiger partial charge >= 0.3 is 0 Å². The Morgan fingerprint density at radius 2 is 2.22 bits per heavy atom. The molecule has 0 aromatic heterocycles. The minimum absolute atomic E-state index is 0.0852. The average molecular weight is 272 g/mol. The molecule has 100 valence electrons. The van der Waals surface area contributed by atoms with Crippen LogP contribution in [0.1, 0.15) is 6.42 Å². The van der Waals surface area contributed by atoms with E-state index in [1.807, 2.05) is 11.9 Å². The summed E-state index contributed by atoms with van der Waals surface area (Å²) in [4.78, 5) is 13.5. The zero-order valence-electron chi connectivity index (χ0n) is 10.3. The Balaban J connectivity index is 2.44. The summed E-state index contributed by atoms with van der Waals surface area (Å²) in [6, 6.07) is 4.95. The van der Waals surface area contributed by atoms with E-state index in [9.17, 15) is 4.79 Å². The van der Waals surface area contributed by atoms with Crippen LogP contribution in [0.3, 0.4) is 0 Å². The number of likely N-dealkylation sites (N-methyl/N-ethyl adjacent to an activating group) is 1. The predicted molar refractivity (Wildman–Crippen MR) is 73.7 cm³/mol. The first kappa shape index (κ1) is 14.8. The van der Waals surface area contributed by atoms with Crippen LogP contribution in [0.5, 0.6) is 0 Å². The SMILES string of the molecule is CN(CCO)CCC(=O)Nc1ccc(N)cc1Cl. The Kier molecular flexibility index (Phi) is 5.91. The summed E-state index contributed by atoms with van der Waals surface area (Å²) in [5, 5.41) is 11.9. The number of hydrogen-bond acceptors (Lipinski definition) is 4. The van der Waals surface area contributed by atoms with E-state index >= 15 is 0 Å². The number of aliphatic hydroxyl groups excluding tert-OH is 1. The molecule has 6 heteroatoms. The van der Waals surface area contributed by atoms with Gasteiger partial charge in [0.1, 0.15) is 0 Å². The maximum Gasteiger partial charge on any atom is 0.225 e. The van der Waals surface area contributed by atoms with Gasteiger partial charge in [-0.1, -0.05) is 11.6 Å². The number of aliphatic hydroxyl groups is 1. The van der Waals surface area contributed by atoms with Crippen molar-refractivity contribution in [3.05, 3.63) is 23.2 Å². The molecule has 18 heavy (non-hydrogen) atoms. The van der Waals surface area contributed by atoms with E-state index in [0.717, 1.165) is 0 Å². The molecule has 0 spiro atoms. The van der Waals surface area contributed by atoms with Gasteiger partial charge in [0.15, 0.2) is 0 Å². The van der Waals surface area contributed by atoms with E-state index in [2.05, 4.69) is 5.32 Å². The molecule has 0 aliphatic rings. The zero-order chi connectivity index (χ0) is 13.5. The first-order valence-electron chi connectivity index (χ1n) is 5.67. The maximum atomic E-state index is 11.7. The van der Waals surface area contributed by atoms with Gasteiger partial charge in [-0.25, -0.2) is 0 Å². The van der Waals surface area contributed by atoms with Crippen LogP contribution in [-0.4, -0.2) is 42.7 Å². The number of anilines is 2. The molecule has 0 aliphatic heterocycles. The van der Waals surface area contributed by atoms with Gasteiger partial charge in [0.05, 0.1) is 17.3 Å². The van der Waals surface area contributed by atoms with Crippen molar-refractivity contribution in [2.24, 2.45) is 0 Å². The fraction of sp³-hybridized carbons (Fsp3) is 0.417. The molecule has 5 nitrogen and oxygen atoms in total. The number of nitrogens with one attached hydrogen (secondary N) is 1.